The van der Waals surface area contributed by atoms with E-state index in [1.165, 1.54) is 5.56 Å². The summed E-state index contributed by atoms with van der Waals surface area (Å²) < 4.78 is 5.37. The lowest BCUT2D eigenvalue weighted by Gasteiger charge is -2.42. The molecule has 3 heterocycles. The highest BCUT2D eigenvalue weighted by atomic mass is 16.5. The van der Waals surface area contributed by atoms with Crippen molar-refractivity contribution in [2.75, 3.05) is 31.6 Å². The third kappa shape index (κ3) is 3.91. The van der Waals surface area contributed by atoms with E-state index in [9.17, 15) is 4.79 Å². The first-order chi connectivity index (χ1) is 15.6. The van der Waals surface area contributed by atoms with Gasteiger partial charge < -0.3 is 19.9 Å². The summed E-state index contributed by atoms with van der Waals surface area (Å²) in [6.07, 6.45) is 6.48. The van der Waals surface area contributed by atoms with Gasteiger partial charge in [-0.3, -0.25) is 4.79 Å². The molecule has 1 aromatic carbocycles. The predicted octanol–water partition coefficient (Wildman–Crippen LogP) is 2.81. The van der Waals surface area contributed by atoms with Crippen molar-refractivity contribution in [2.24, 2.45) is 0 Å². The smallest absolute Gasteiger partial charge is 0.223 e. The highest BCUT2D eigenvalue weighted by Gasteiger charge is 2.44. The molecule has 5 rings (SSSR count). The summed E-state index contributed by atoms with van der Waals surface area (Å²) in [5.74, 6) is 2.01. The number of aromatic nitrogens is 1. The molecule has 166 valence electrons. The minimum absolute atomic E-state index is 0.00615. The fourth-order valence-corrected chi connectivity index (χ4v) is 5.27. The molecule has 2 saturated heterocycles. The number of nitrogens with zero attached hydrogens (tertiary/aromatic N) is 4. The van der Waals surface area contributed by atoms with Crippen LogP contribution in [0, 0.1) is 11.3 Å². The van der Waals surface area contributed by atoms with Crippen molar-refractivity contribution >= 4 is 11.7 Å². The van der Waals surface area contributed by atoms with Crippen LogP contribution in [0.1, 0.15) is 43.2 Å². The Morgan fingerprint density at radius 2 is 2.03 bits per heavy atom. The van der Waals surface area contributed by atoms with Gasteiger partial charge in [-0.2, -0.15) is 5.26 Å². The van der Waals surface area contributed by atoms with Gasteiger partial charge in [-0.15, -0.1) is 0 Å². The van der Waals surface area contributed by atoms with E-state index in [4.69, 9.17) is 10.00 Å². The van der Waals surface area contributed by atoms with Crippen molar-refractivity contribution in [1.29, 1.82) is 5.26 Å². The number of ether oxygens (including phenoxy) is 1. The topological polar surface area (TPSA) is 81.5 Å². The van der Waals surface area contributed by atoms with Gasteiger partial charge in [0.15, 0.2) is 0 Å². The lowest BCUT2D eigenvalue weighted by atomic mass is 10.0. The number of benzene rings is 1. The Hall–Kier alpha value is -3.11. The number of carbonyl (C=O) groups is 1. The average Bonchev–Trinajstić information content (AvgIpc) is 3.58. The molecule has 7 heteroatoms. The Bertz CT molecular complexity index is 1010. The molecule has 2 atom stereocenters. The number of rotatable bonds is 7. The van der Waals surface area contributed by atoms with Crippen molar-refractivity contribution in [3.8, 4) is 11.8 Å². The quantitative estimate of drug-likeness (QED) is 0.726. The first-order valence-corrected chi connectivity index (χ1v) is 11.4. The van der Waals surface area contributed by atoms with Gasteiger partial charge in [-0.25, -0.2) is 4.98 Å². The van der Waals surface area contributed by atoms with E-state index in [0.29, 0.717) is 30.6 Å². The molecule has 7 nitrogen and oxygen atoms in total. The number of nitriles is 1. The molecular weight excluding hydrogens is 402 g/mol. The molecule has 1 aromatic heterocycles. The molecule has 32 heavy (non-hydrogen) atoms. The van der Waals surface area contributed by atoms with Crippen LogP contribution >= 0.6 is 0 Å². The van der Waals surface area contributed by atoms with Gasteiger partial charge in [0.2, 0.25) is 5.91 Å². The highest BCUT2D eigenvalue weighted by Crippen LogP contribution is 2.46. The zero-order valence-corrected chi connectivity index (χ0v) is 18.5. The molecule has 1 N–H and O–H groups in total. The normalized spacial score (nSPS) is 23.0. The number of nitrogens with one attached hydrogen (secondary N) is 1. The third-order valence-corrected chi connectivity index (χ3v) is 7.15. The Morgan fingerprint density at radius 3 is 2.66 bits per heavy atom. The minimum Gasteiger partial charge on any atom is -0.497 e. The van der Waals surface area contributed by atoms with Gasteiger partial charge in [0.05, 0.1) is 12.7 Å². The van der Waals surface area contributed by atoms with E-state index in [-0.39, 0.29) is 11.4 Å². The number of hydrogen-bond donors (Lipinski definition) is 1. The second kappa shape index (κ2) is 8.44. The summed E-state index contributed by atoms with van der Waals surface area (Å²) in [7, 11) is 1.69. The van der Waals surface area contributed by atoms with Crippen molar-refractivity contribution in [2.45, 2.75) is 49.7 Å². The van der Waals surface area contributed by atoms with Crippen molar-refractivity contribution in [3.63, 3.8) is 0 Å². The first-order valence-electron chi connectivity index (χ1n) is 11.4. The van der Waals surface area contributed by atoms with Crippen LogP contribution in [0.2, 0.25) is 0 Å². The zero-order valence-electron chi connectivity index (χ0n) is 18.5. The molecule has 0 radical (unpaired) electrons. The number of methoxy groups -OCH3 is 1. The van der Waals surface area contributed by atoms with Gasteiger partial charge in [-0.1, -0.05) is 12.1 Å². The maximum atomic E-state index is 13.0. The SMILES string of the molecule is COc1cccc(C2(NCCC(=O)N3CC4CCC(C3)N4c3ccc(C#N)cn3)CC2)c1. The molecule has 1 aliphatic carbocycles. The number of pyridine rings is 1. The molecule has 0 spiro atoms. The monoisotopic (exact) mass is 431 g/mol. The van der Waals surface area contributed by atoms with Crippen LogP contribution in [-0.2, 0) is 10.3 Å². The molecule has 2 unspecified atom stereocenters. The van der Waals surface area contributed by atoms with E-state index in [2.05, 4.69) is 33.4 Å². The van der Waals surface area contributed by atoms with Crippen LogP contribution in [0.25, 0.3) is 0 Å². The van der Waals surface area contributed by atoms with Crippen molar-refractivity contribution in [3.05, 3.63) is 53.7 Å². The predicted molar refractivity (Wildman–Crippen MR) is 121 cm³/mol. The van der Waals surface area contributed by atoms with Crippen LogP contribution in [0.4, 0.5) is 5.82 Å². The molecule has 2 bridgehead atoms. The lowest BCUT2D eigenvalue weighted by Crippen LogP contribution is -2.56. The van der Waals surface area contributed by atoms with E-state index >= 15 is 0 Å². The molecule has 2 aromatic rings. The van der Waals surface area contributed by atoms with Crippen LogP contribution < -0.4 is 15.0 Å². The summed E-state index contributed by atoms with van der Waals surface area (Å²) >= 11 is 0. The maximum absolute atomic E-state index is 13.0. The average molecular weight is 432 g/mol. The molecule has 2 aliphatic heterocycles. The number of anilines is 1. The summed E-state index contributed by atoms with van der Waals surface area (Å²) in [4.78, 5) is 21.9. The Balaban J connectivity index is 1.16. The maximum Gasteiger partial charge on any atom is 0.223 e. The van der Waals surface area contributed by atoms with Crippen LogP contribution in [0.5, 0.6) is 5.75 Å². The summed E-state index contributed by atoms with van der Waals surface area (Å²) in [6, 6.07) is 14.7. The molecule has 3 aliphatic rings. The van der Waals surface area contributed by atoms with Gasteiger partial charge in [0.1, 0.15) is 17.6 Å². The van der Waals surface area contributed by atoms with Crippen LogP contribution in [0.3, 0.4) is 0 Å². The largest absolute Gasteiger partial charge is 0.497 e. The summed E-state index contributed by atoms with van der Waals surface area (Å²) in [5, 5.41) is 12.6. The van der Waals surface area contributed by atoms with Crippen molar-refractivity contribution in [1.82, 2.24) is 15.2 Å². The first kappa shape index (κ1) is 20.8. The second-order valence-electron chi connectivity index (χ2n) is 9.10. The van der Waals surface area contributed by atoms with Gasteiger partial charge >= 0.3 is 0 Å². The number of likely N-dealkylation sites (tertiary alicyclic amines) is 1. The third-order valence-electron chi connectivity index (χ3n) is 7.15. The van der Waals surface area contributed by atoms with E-state index < -0.39 is 0 Å². The summed E-state index contributed by atoms with van der Waals surface area (Å²) in [5.41, 5.74) is 1.81. The number of piperazine rings is 1. The minimum atomic E-state index is -0.00615. The molecule has 1 amide bonds. The van der Waals surface area contributed by atoms with Crippen molar-refractivity contribution < 1.29 is 9.53 Å². The lowest BCUT2D eigenvalue weighted by molar-refractivity contribution is -0.132. The van der Waals surface area contributed by atoms with Gasteiger partial charge in [0.25, 0.3) is 0 Å². The standard InChI is InChI=1S/C25H29N5O2/c1-32-22-4-2-3-19(13-22)25(10-11-25)28-12-9-24(31)29-16-20-6-7-21(17-29)30(20)23-8-5-18(14-26)15-27-23/h2-5,8,13,15,20-21,28H,6-7,9-12,16-17H2,1H3. The van der Waals surface area contributed by atoms with Crippen LogP contribution in [-0.4, -0.2) is 54.6 Å². The van der Waals surface area contributed by atoms with E-state index in [1.54, 1.807) is 13.3 Å². The number of fused-ring (bicyclic) bond motifs is 2. The Morgan fingerprint density at radius 1 is 1.25 bits per heavy atom. The number of hydrogen-bond acceptors (Lipinski definition) is 6. The van der Waals surface area contributed by atoms with E-state index in [0.717, 1.165) is 50.3 Å². The number of carbonyl (C=O) groups excluding carboxylic acids is 1. The van der Waals surface area contributed by atoms with Gasteiger partial charge in [-0.05, 0) is 55.5 Å². The molecular formula is C25H29N5O2. The Labute approximate surface area is 189 Å². The zero-order chi connectivity index (χ0) is 22.1. The van der Waals surface area contributed by atoms with Gasteiger partial charge in [0, 0.05) is 49.9 Å². The van der Waals surface area contributed by atoms with Crippen LogP contribution in [0.15, 0.2) is 42.6 Å². The fourth-order valence-electron chi connectivity index (χ4n) is 5.27. The summed E-state index contributed by atoms with van der Waals surface area (Å²) in [6.45, 7) is 2.18. The molecule has 1 saturated carbocycles. The highest BCUT2D eigenvalue weighted by molar-refractivity contribution is 5.77. The number of amides is 1. The molecule has 3 fully saturated rings. The van der Waals surface area contributed by atoms with E-state index in [1.807, 2.05) is 29.2 Å². The second-order valence-corrected chi connectivity index (χ2v) is 9.10. The fraction of sp³-hybridized carbons (Fsp3) is 0.480. The Kier molecular flexibility index (Phi) is 5.48.